The molecule has 72 valence electrons. The van der Waals surface area contributed by atoms with E-state index in [0.29, 0.717) is 0 Å². The lowest BCUT2D eigenvalue weighted by Crippen LogP contribution is -2.20. The van der Waals surface area contributed by atoms with Crippen LogP contribution in [0.5, 0.6) is 0 Å². The van der Waals surface area contributed by atoms with E-state index in [1.54, 1.807) is 0 Å². The molecule has 0 bridgehead atoms. The number of hydrogen-bond acceptors (Lipinski definition) is 4. The van der Waals surface area contributed by atoms with Crippen LogP contribution in [0.3, 0.4) is 0 Å². The summed E-state index contributed by atoms with van der Waals surface area (Å²) in [6.07, 6.45) is 6.45. The summed E-state index contributed by atoms with van der Waals surface area (Å²) in [4.78, 5) is 21.5. The molecule has 0 aliphatic heterocycles. The SMILES string of the molecule is C#CCOC(=O)C(=O)OCCCC. The number of rotatable bonds is 4. The lowest BCUT2D eigenvalue weighted by Gasteiger charge is -2.01. The Balaban J connectivity index is 3.59. The summed E-state index contributed by atoms with van der Waals surface area (Å²) < 4.78 is 8.89. The predicted molar refractivity (Wildman–Crippen MR) is 45.7 cm³/mol. The van der Waals surface area contributed by atoms with Gasteiger partial charge in [0, 0.05) is 0 Å². The summed E-state index contributed by atoms with van der Waals surface area (Å²) in [5.74, 6) is 0.0539. The zero-order valence-electron chi connectivity index (χ0n) is 7.54. The molecule has 0 saturated carbocycles. The van der Waals surface area contributed by atoms with Crippen LogP contribution in [0.2, 0.25) is 0 Å². The zero-order valence-corrected chi connectivity index (χ0v) is 7.54. The highest BCUT2D eigenvalue weighted by molar-refractivity contribution is 6.29. The first-order valence-electron chi connectivity index (χ1n) is 3.99. The van der Waals surface area contributed by atoms with Crippen molar-refractivity contribution in [2.45, 2.75) is 19.8 Å². The Hall–Kier alpha value is -1.50. The lowest BCUT2D eigenvalue weighted by atomic mass is 10.4. The van der Waals surface area contributed by atoms with Gasteiger partial charge in [0.2, 0.25) is 0 Å². The van der Waals surface area contributed by atoms with Gasteiger partial charge in [-0.25, -0.2) is 9.59 Å². The third-order valence-corrected chi connectivity index (χ3v) is 1.18. The number of hydrogen-bond donors (Lipinski definition) is 0. The van der Waals surface area contributed by atoms with Gasteiger partial charge in [0.1, 0.15) is 0 Å². The Morgan fingerprint density at radius 2 is 1.92 bits per heavy atom. The van der Waals surface area contributed by atoms with E-state index < -0.39 is 11.9 Å². The molecule has 0 fully saturated rings. The van der Waals surface area contributed by atoms with Crippen LogP contribution >= 0.6 is 0 Å². The normalized spacial score (nSPS) is 8.62. The van der Waals surface area contributed by atoms with Gasteiger partial charge in [0.05, 0.1) is 6.61 Å². The van der Waals surface area contributed by atoms with E-state index in [2.05, 4.69) is 15.4 Å². The number of carbonyl (C=O) groups is 2. The summed E-state index contributed by atoms with van der Waals surface area (Å²) in [6, 6.07) is 0. The smallest absolute Gasteiger partial charge is 0.418 e. The molecule has 0 aromatic carbocycles. The van der Waals surface area contributed by atoms with Gasteiger partial charge in [-0.05, 0) is 6.42 Å². The second-order valence-corrected chi connectivity index (χ2v) is 2.27. The molecule has 0 aliphatic carbocycles. The summed E-state index contributed by atoms with van der Waals surface area (Å²) in [5.41, 5.74) is 0. The fourth-order valence-electron chi connectivity index (χ4n) is 0.534. The molecule has 4 heteroatoms. The molecule has 0 rings (SSSR count). The third kappa shape index (κ3) is 5.74. The predicted octanol–water partition coefficient (Wildman–Crippen LogP) is 0.506. The van der Waals surface area contributed by atoms with E-state index in [0.717, 1.165) is 12.8 Å². The fourth-order valence-corrected chi connectivity index (χ4v) is 0.534. The van der Waals surface area contributed by atoms with E-state index in [9.17, 15) is 9.59 Å². The Morgan fingerprint density at radius 3 is 2.46 bits per heavy atom. The molecule has 0 unspecified atom stereocenters. The standard InChI is InChI=1S/C9H12O4/c1-3-5-7-13-9(11)8(10)12-6-4-2/h2H,3,5-7H2,1H3. The molecule has 0 atom stereocenters. The molecule has 13 heavy (non-hydrogen) atoms. The maximum atomic E-state index is 10.8. The summed E-state index contributed by atoms with van der Waals surface area (Å²) in [6.45, 7) is 1.98. The van der Waals surface area contributed by atoms with E-state index in [-0.39, 0.29) is 13.2 Å². The first-order valence-corrected chi connectivity index (χ1v) is 3.99. The van der Waals surface area contributed by atoms with E-state index in [1.807, 2.05) is 6.92 Å². The van der Waals surface area contributed by atoms with Crippen molar-refractivity contribution in [2.75, 3.05) is 13.2 Å². The van der Waals surface area contributed by atoms with Crippen molar-refractivity contribution in [3.63, 3.8) is 0 Å². The highest BCUT2D eigenvalue weighted by atomic mass is 16.6. The molecule has 0 radical (unpaired) electrons. The molecule has 0 aliphatic rings. The maximum absolute atomic E-state index is 10.8. The van der Waals surface area contributed by atoms with Gasteiger partial charge in [-0.3, -0.25) is 0 Å². The Labute approximate surface area is 77.2 Å². The van der Waals surface area contributed by atoms with Gasteiger partial charge >= 0.3 is 11.9 Å². The first kappa shape index (κ1) is 11.5. The molecule has 0 aromatic rings. The quantitative estimate of drug-likeness (QED) is 0.276. The minimum atomic E-state index is -1.03. The number of ether oxygens (including phenoxy) is 2. The average Bonchev–Trinajstić information content (AvgIpc) is 2.14. The first-order chi connectivity index (χ1) is 6.22. The molecule has 0 N–H and O–H groups in total. The van der Waals surface area contributed by atoms with Crippen LogP contribution in [0.25, 0.3) is 0 Å². The van der Waals surface area contributed by atoms with Crippen molar-refractivity contribution >= 4 is 11.9 Å². The highest BCUT2D eigenvalue weighted by Gasteiger charge is 2.15. The number of unbranched alkanes of at least 4 members (excludes halogenated alkanes) is 1. The Kier molecular flexibility index (Phi) is 6.34. The van der Waals surface area contributed by atoms with Crippen molar-refractivity contribution in [1.29, 1.82) is 0 Å². The number of carbonyl (C=O) groups excluding carboxylic acids is 2. The van der Waals surface area contributed by atoms with Crippen LogP contribution in [0.1, 0.15) is 19.8 Å². The van der Waals surface area contributed by atoms with Crippen molar-refractivity contribution in [2.24, 2.45) is 0 Å². The van der Waals surface area contributed by atoms with Gasteiger partial charge in [-0.2, -0.15) is 0 Å². The van der Waals surface area contributed by atoms with Crippen molar-refractivity contribution in [3.8, 4) is 12.3 Å². The maximum Gasteiger partial charge on any atom is 0.418 e. The summed E-state index contributed by atoms with van der Waals surface area (Å²) >= 11 is 0. The molecule has 0 amide bonds. The van der Waals surface area contributed by atoms with Crippen LogP contribution in [0.15, 0.2) is 0 Å². The molecular weight excluding hydrogens is 172 g/mol. The van der Waals surface area contributed by atoms with E-state index >= 15 is 0 Å². The largest absolute Gasteiger partial charge is 0.457 e. The monoisotopic (exact) mass is 184 g/mol. The minimum absolute atomic E-state index is 0.207. The molecule has 0 aromatic heterocycles. The van der Waals surface area contributed by atoms with E-state index in [1.165, 1.54) is 0 Å². The van der Waals surface area contributed by atoms with Crippen molar-refractivity contribution in [3.05, 3.63) is 0 Å². The molecule has 0 spiro atoms. The molecule has 0 saturated heterocycles. The van der Waals surface area contributed by atoms with Crippen molar-refractivity contribution < 1.29 is 19.1 Å². The second kappa shape index (κ2) is 7.17. The van der Waals surface area contributed by atoms with Gasteiger partial charge in [0.15, 0.2) is 6.61 Å². The van der Waals surface area contributed by atoms with Crippen LogP contribution in [-0.2, 0) is 19.1 Å². The fraction of sp³-hybridized carbons (Fsp3) is 0.556. The van der Waals surface area contributed by atoms with Crippen LogP contribution < -0.4 is 0 Å². The highest BCUT2D eigenvalue weighted by Crippen LogP contribution is 1.90. The van der Waals surface area contributed by atoms with Gasteiger partial charge in [-0.15, -0.1) is 6.42 Å². The summed E-state index contributed by atoms with van der Waals surface area (Å²) in [7, 11) is 0. The second-order valence-electron chi connectivity index (χ2n) is 2.27. The Morgan fingerprint density at radius 1 is 1.31 bits per heavy atom. The number of esters is 2. The summed E-state index contributed by atoms with van der Waals surface area (Å²) in [5, 5.41) is 0. The third-order valence-electron chi connectivity index (χ3n) is 1.18. The topological polar surface area (TPSA) is 52.6 Å². The van der Waals surface area contributed by atoms with Gasteiger partial charge < -0.3 is 9.47 Å². The molecular formula is C9H12O4. The van der Waals surface area contributed by atoms with E-state index in [4.69, 9.17) is 6.42 Å². The van der Waals surface area contributed by atoms with Crippen molar-refractivity contribution in [1.82, 2.24) is 0 Å². The number of terminal acetylenes is 1. The van der Waals surface area contributed by atoms with Gasteiger partial charge in [-0.1, -0.05) is 19.3 Å². The molecule has 4 nitrogen and oxygen atoms in total. The zero-order chi connectivity index (χ0) is 10.1. The van der Waals surface area contributed by atoms with Gasteiger partial charge in [0.25, 0.3) is 0 Å². The minimum Gasteiger partial charge on any atom is -0.457 e. The Bertz CT molecular complexity index is 214. The van der Waals surface area contributed by atoms with Crippen LogP contribution in [0, 0.1) is 12.3 Å². The molecule has 0 heterocycles. The lowest BCUT2D eigenvalue weighted by molar-refractivity contribution is -0.166. The van der Waals surface area contributed by atoms with Crippen LogP contribution in [-0.4, -0.2) is 25.2 Å². The van der Waals surface area contributed by atoms with Crippen LogP contribution in [0.4, 0.5) is 0 Å². The average molecular weight is 184 g/mol.